The molecule has 7 heteroatoms. The summed E-state index contributed by atoms with van der Waals surface area (Å²) < 4.78 is 36.8. The lowest BCUT2D eigenvalue weighted by molar-refractivity contribution is 0.164. The summed E-state index contributed by atoms with van der Waals surface area (Å²) in [6, 6.07) is 4.75. The maximum Gasteiger partial charge on any atom is 0.243 e. The molecule has 21 heavy (non-hydrogen) atoms. The van der Waals surface area contributed by atoms with E-state index in [0.29, 0.717) is 38.4 Å². The number of nitrogens with zero attached hydrogens (tertiary/aromatic N) is 1. The van der Waals surface area contributed by atoms with Crippen LogP contribution in [-0.4, -0.2) is 53.2 Å². The molecule has 0 atom stereocenters. The number of benzene rings is 1. The van der Waals surface area contributed by atoms with Crippen LogP contribution < -0.4 is 5.73 Å². The van der Waals surface area contributed by atoms with Crippen LogP contribution in [0.4, 0.5) is 5.69 Å². The third-order valence-electron chi connectivity index (χ3n) is 3.18. The predicted octanol–water partition coefficient (Wildman–Crippen LogP) is 1.25. The van der Waals surface area contributed by atoms with Crippen molar-refractivity contribution in [3.63, 3.8) is 0 Å². The predicted molar refractivity (Wildman–Crippen MR) is 82.7 cm³/mol. The number of anilines is 1. The summed E-state index contributed by atoms with van der Waals surface area (Å²) >= 11 is 0. The average Bonchev–Trinajstić information content (AvgIpc) is 2.45. The molecule has 0 aliphatic rings. The SMILES string of the molecule is COCCCN(CCOC)S(=O)(=O)c1ccc(N)c(C)c1. The summed E-state index contributed by atoms with van der Waals surface area (Å²) in [5, 5.41) is 0. The summed E-state index contributed by atoms with van der Waals surface area (Å²) in [4.78, 5) is 0.253. The van der Waals surface area contributed by atoms with Gasteiger partial charge in [-0.05, 0) is 37.1 Å². The van der Waals surface area contributed by atoms with Crippen molar-refractivity contribution < 1.29 is 17.9 Å². The smallest absolute Gasteiger partial charge is 0.243 e. The number of nitrogen functional groups attached to an aromatic ring is 1. The van der Waals surface area contributed by atoms with Crippen LogP contribution >= 0.6 is 0 Å². The van der Waals surface area contributed by atoms with Gasteiger partial charge < -0.3 is 15.2 Å². The molecule has 0 bridgehead atoms. The summed E-state index contributed by atoms with van der Waals surface area (Å²) in [5.41, 5.74) is 7.07. The summed E-state index contributed by atoms with van der Waals surface area (Å²) in [7, 11) is -0.407. The second kappa shape index (κ2) is 8.33. The number of methoxy groups -OCH3 is 2. The first-order chi connectivity index (χ1) is 9.93. The van der Waals surface area contributed by atoms with Gasteiger partial charge in [0.05, 0.1) is 11.5 Å². The fourth-order valence-corrected chi connectivity index (χ4v) is 3.44. The van der Waals surface area contributed by atoms with Gasteiger partial charge in [-0.3, -0.25) is 0 Å². The third-order valence-corrected chi connectivity index (χ3v) is 5.07. The third kappa shape index (κ3) is 4.96. The van der Waals surface area contributed by atoms with E-state index in [1.807, 2.05) is 0 Å². The highest BCUT2D eigenvalue weighted by atomic mass is 32.2. The fraction of sp³-hybridized carbons (Fsp3) is 0.571. The van der Waals surface area contributed by atoms with Gasteiger partial charge >= 0.3 is 0 Å². The number of sulfonamides is 1. The average molecular weight is 316 g/mol. The molecule has 0 radical (unpaired) electrons. The molecule has 0 aliphatic carbocycles. The Kier molecular flexibility index (Phi) is 7.10. The van der Waals surface area contributed by atoms with E-state index < -0.39 is 10.0 Å². The van der Waals surface area contributed by atoms with Crippen LogP contribution in [0.15, 0.2) is 23.1 Å². The Hall–Kier alpha value is -1.15. The highest BCUT2D eigenvalue weighted by Crippen LogP contribution is 2.20. The van der Waals surface area contributed by atoms with Crippen LogP contribution in [0.5, 0.6) is 0 Å². The van der Waals surface area contributed by atoms with E-state index in [9.17, 15) is 8.42 Å². The number of nitrogens with two attached hydrogens (primary N) is 1. The number of rotatable bonds is 9. The molecule has 0 saturated heterocycles. The highest BCUT2D eigenvalue weighted by Gasteiger charge is 2.24. The molecule has 1 aromatic rings. The minimum Gasteiger partial charge on any atom is -0.399 e. The van der Waals surface area contributed by atoms with Crippen molar-refractivity contribution in [2.45, 2.75) is 18.2 Å². The van der Waals surface area contributed by atoms with E-state index in [0.717, 1.165) is 5.56 Å². The van der Waals surface area contributed by atoms with Gasteiger partial charge in [0.1, 0.15) is 0 Å². The van der Waals surface area contributed by atoms with Crippen molar-refractivity contribution in [1.82, 2.24) is 4.31 Å². The second-order valence-electron chi connectivity index (χ2n) is 4.76. The minimum absolute atomic E-state index is 0.253. The Balaban J connectivity index is 2.98. The van der Waals surface area contributed by atoms with E-state index in [-0.39, 0.29) is 4.90 Å². The first-order valence-corrected chi connectivity index (χ1v) is 8.21. The molecule has 0 spiro atoms. The van der Waals surface area contributed by atoms with Gasteiger partial charge in [-0.15, -0.1) is 0 Å². The standard InChI is InChI=1S/C14H24N2O4S/c1-12-11-13(5-6-14(12)15)21(17,18)16(8-10-20-3)7-4-9-19-2/h5-6,11H,4,7-10,15H2,1-3H3. The lowest BCUT2D eigenvalue weighted by Gasteiger charge is -2.22. The molecule has 0 aliphatic heterocycles. The van der Waals surface area contributed by atoms with Crippen LogP contribution in [0, 0.1) is 6.92 Å². The van der Waals surface area contributed by atoms with E-state index in [2.05, 4.69) is 0 Å². The zero-order valence-electron chi connectivity index (χ0n) is 12.8. The zero-order chi connectivity index (χ0) is 15.9. The number of aryl methyl sites for hydroxylation is 1. The normalized spacial score (nSPS) is 12.0. The Morgan fingerprint density at radius 1 is 1.14 bits per heavy atom. The number of hydrogen-bond acceptors (Lipinski definition) is 5. The van der Waals surface area contributed by atoms with Gasteiger partial charge in [-0.2, -0.15) is 4.31 Å². The van der Waals surface area contributed by atoms with Crippen LogP contribution in [-0.2, 0) is 19.5 Å². The van der Waals surface area contributed by atoms with Crippen molar-refractivity contribution in [3.05, 3.63) is 23.8 Å². The Labute approximate surface area is 126 Å². The van der Waals surface area contributed by atoms with Crippen molar-refractivity contribution >= 4 is 15.7 Å². The summed E-state index contributed by atoms with van der Waals surface area (Å²) in [6.07, 6.45) is 0.632. The van der Waals surface area contributed by atoms with E-state index in [1.54, 1.807) is 33.3 Å². The van der Waals surface area contributed by atoms with Crippen LogP contribution in [0.1, 0.15) is 12.0 Å². The molecule has 0 aromatic heterocycles. The Morgan fingerprint density at radius 3 is 2.38 bits per heavy atom. The monoisotopic (exact) mass is 316 g/mol. The molecular formula is C14H24N2O4S. The molecule has 120 valence electrons. The topological polar surface area (TPSA) is 81.9 Å². The van der Waals surface area contributed by atoms with Crippen molar-refractivity contribution in [2.24, 2.45) is 0 Å². The van der Waals surface area contributed by atoms with E-state index in [4.69, 9.17) is 15.2 Å². The molecule has 0 unspecified atom stereocenters. The van der Waals surface area contributed by atoms with Gasteiger partial charge in [-0.25, -0.2) is 8.42 Å². The van der Waals surface area contributed by atoms with Gasteiger partial charge in [0.15, 0.2) is 0 Å². The van der Waals surface area contributed by atoms with Gasteiger partial charge in [0.25, 0.3) is 0 Å². The molecule has 2 N–H and O–H groups in total. The van der Waals surface area contributed by atoms with E-state index >= 15 is 0 Å². The molecular weight excluding hydrogens is 292 g/mol. The lowest BCUT2D eigenvalue weighted by atomic mass is 10.2. The maximum absolute atomic E-state index is 12.7. The lowest BCUT2D eigenvalue weighted by Crippen LogP contribution is -2.35. The van der Waals surface area contributed by atoms with Gasteiger partial charge in [0.2, 0.25) is 10.0 Å². The minimum atomic E-state index is -3.55. The van der Waals surface area contributed by atoms with Crippen LogP contribution in [0.2, 0.25) is 0 Å². The number of ether oxygens (including phenoxy) is 2. The number of hydrogen-bond donors (Lipinski definition) is 1. The van der Waals surface area contributed by atoms with Gasteiger partial charge in [0, 0.05) is 39.6 Å². The van der Waals surface area contributed by atoms with Crippen molar-refractivity contribution in [3.8, 4) is 0 Å². The highest BCUT2D eigenvalue weighted by molar-refractivity contribution is 7.89. The molecule has 0 saturated carbocycles. The van der Waals surface area contributed by atoms with Crippen LogP contribution in [0.3, 0.4) is 0 Å². The Bertz CT molecular complexity index is 546. The molecule has 0 fully saturated rings. The molecule has 1 aromatic carbocycles. The quantitative estimate of drug-likeness (QED) is 0.548. The largest absolute Gasteiger partial charge is 0.399 e. The molecule has 0 amide bonds. The van der Waals surface area contributed by atoms with Crippen molar-refractivity contribution in [1.29, 1.82) is 0 Å². The molecule has 6 nitrogen and oxygen atoms in total. The molecule has 0 heterocycles. The van der Waals surface area contributed by atoms with Crippen LogP contribution in [0.25, 0.3) is 0 Å². The summed E-state index contributed by atoms with van der Waals surface area (Å²) in [5.74, 6) is 0. The molecule has 1 rings (SSSR count). The van der Waals surface area contributed by atoms with Crippen molar-refractivity contribution in [2.75, 3.05) is 46.3 Å². The summed E-state index contributed by atoms with van der Waals surface area (Å²) in [6.45, 7) is 3.35. The first kappa shape index (κ1) is 17.9. The second-order valence-corrected chi connectivity index (χ2v) is 6.70. The van der Waals surface area contributed by atoms with Gasteiger partial charge in [-0.1, -0.05) is 0 Å². The first-order valence-electron chi connectivity index (χ1n) is 6.77. The maximum atomic E-state index is 12.7. The zero-order valence-corrected chi connectivity index (χ0v) is 13.6. The Morgan fingerprint density at radius 2 is 1.81 bits per heavy atom. The van der Waals surface area contributed by atoms with E-state index in [1.165, 1.54) is 10.4 Å². The fourth-order valence-electron chi connectivity index (χ4n) is 1.89.